The van der Waals surface area contributed by atoms with Crippen LogP contribution in [0.15, 0.2) is 12.3 Å². The number of aryl methyl sites for hydroxylation is 1. The van der Waals surface area contributed by atoms with Gasteiger partial charge in [-0.3, -0.25) is 4.79 Å². The largest absolute Gasteiger partial charge is 0.323 e. The van der Waals surface area contributed by atoms with Crippen molar-refractivity contribution in [2.45, 2.75) is 26.3 Å². The molecule has 3 N–H and O–H groups in total. The molecule has 0 spiro atoms. The molecule has 82 valence electrons. The third kappa shape index (κ3) is 3.18. The Morgan fingerprint density at radius 3 is 2.93 bits per heavy atom. The first-order valence-electron chi connectivity index (χ1n) is 4.73. The van der Waals surface area contributed by atoms with Crippen LogP contribution in [0, 0.1) is 6.92 Å². The highest BCUT2D eigenvalue weighted by Crippen LogP contribution is 2.16. The molecule has 0 saturated carbocycles. The molecule has 1 amide bonds. The fourth-order valence-electron chi connectivity index (χ4n) is 1.05. The van der Waals surface area contributed by atoms with Crippen molar-refractivity contribution in [3.05, 3.63) is 23.0 Å². The summed E-state index contributed by atoms with van der Waals surface area (Å²) < 4.78 is 0. The molecule has 0 aliphatic rings. The Hall–Kier alpha value is -1.13. The molecule has 1 atom stereocenters. The second kappa shape index (κ2) is 5.09. The average Bonchev–Trinajstić information content (AvgIpc) is 2.22. The molecule has 1 aromatic heterocycles. The summed E-state index contributed by atoms with van der Waals surface area (Å²) in [5.74, 6) is -0.207. The van der Waals surface area contributed by atoms with E-state index in [-0.39, 0.29) is 5.91 Å². The van der Waals surface area contributed by atoms with Crippen LogP contribution >= 0.6 is 11.6 Å². The van der Waals surface area contributed by atoms with E-state index in [0.717, 1.165) is 5.56 Å². The number of amides is 1. The van der Waals surface area contributed by atoms with E-state index in [4.69, 9.17) is 17.3 Å². The summed E-state index contributed by atoms with van der Waals surface area (Å²) in [5, 5.41) is 3.11. The number of hydrogen-bond acceptors (Lipinski definition) is 3. The summed E-state index contributed by atoms with van der Waals surface area (Å²) in [6.45, 7) is 3.68. The third-order valence-electron chi connectivity index (χ3n) is 2.06. The van der Waals surface area contributed by atoms with Crippen molar-refractivity contribution in [3.8, 4) is 0 Å². The maximum absolute atomic E-state index is 11.4. The molecule has 0 aliphatic heterocycles. The molecule has 0 bridgehead atoms. The second-order valence-electron chi connectivity index (χ2n) is 3.34. The fourth-order valence-corrected chi connectivity index (χ4v) is 1.15. The van der Waals surface area contributed by atoms with Gasteiger partial charge in [-0.2, -0.15) is 0 Å². The van der Waals surface area contributed by atoms with Crippen LogP contribution in [-0.4, -0.2) is 16.9 Å². The summed E-state index contributed by atoms with van der Waals surface area (Å²) in [5.41, 5.74) is 7.01. The molecule has 0 unspecified atom stereocenters. The fraction of sp³-hybridized carbons (Fsp3) is 0.400. The van der Waals surface area contributed by atoms with Crippen LogP contribution in [0.25, 0.3) is 0 Å². The minimum absolute atomic E-state index is 0.207. The van der Waals surface area contributed by atoms with Gasteiger partial charge in [0, 0.05) is 0 Å². The Labute approximate surface area is 93.8 Å². The summed E-state index contributed by atoms with van der Waals surface area (Å²) in [4.78, 5) is 15.4. The van der Waals surface area contributed by atoms with Crippen molar-refractivity contribution < 1.29 is 4.79 Å². The quantitative estimate of drug-likeness (QED) is 0.773. The first-order chi connectivity index (χ1) is 7.04. The Balaban J connectivity index is 2.73. The number of carbonyl (C=O) groups is 1. The number of carbonyl (C=O) groups excluding carboxylic acids is 1. The zero-order valence-electron chi connectivity index (χ0n) is 8.75. The Bertz CT molecular complexity index is 368. The van der Waals surface area contributed by atoms with E-state index in [1.165, 1.54) is 6.20 Å². The van der Waals surface area contributed by atoms with Gasteiger partial charge in [0.1, 0.15) is 5.15 Å². The molecule has 1 heterocycles. The number of anilines is 1. The van der Waals surface area contributed by atoms with Gasteiger partial charge >= 0.3 is 0 Å². The number of halogens is 1. The first-order valence-corrected chi connectivity index (χ1v) is 5.11. The molecular weight excluding hydrogens is 214 g/mol. The molecule has 0 aromatic carbocycles. The number of aromatic nitrogens is 1. The summed E-state index contributed by atoms with van der Waals surface area (Å²) in [6.07, 6.45) is 2.11. The van der Waals surface area contributed by atoms with Gasteiger partial charge in [-0.15, -0.1) is 0 Å². The van der Waals surface area contributed by atoms with Crippen molar-refractivity contribution in [2.75, 3.05) is 5.32 Å². The monoisotopic (exact) mass is 227 g/mol. The lowest BCUT2D eigenvalue weighted by molar-refractivity contribution is -0.117. The van der Waals surface area contributed by atoms with E-state index in [1.54, 1.807) is 6.07 Å². The summed E-state index contributed by atoms with van der Waals surface area (Å²) >= 11 is 5.76. The number of nitrogens with two attached hydrogens (primary N) is 1. The smallest absolute Gasteiger partial charge is 0.241 e. The van der Waals surface area contributed by atoms with Crippen LogP contribution in [0.2, 0.25) is 5.15 Å². The molecular formula is C10H14ClN3O. The Morgan fingerprint density at radius 1 is 1.73 bits per heavy atom. The maximum atomic E-state index is 11.4. The highest BCUT2D eigenvalue weighted by Gasteiger charge is 2.11. The predicted molar refractivity (Wildman–Crippen MR) is 60.9 cm³/mol. The van der Waals surface area contributed by atoms with Gasteiger partial charge in [-0.1, -0.05) is 18.5 Å². The average molecular weight is 228 g/mol. The molecule has 5 heteroatoms. The van der Waals surface area contributed by atoms with E-state index in [1.807, 2.05) is 13.8 Å². The lowest BCUT2D eigenvalue weighted by atomic mass is 10.2. The lowest BCUT2D eigenvalue weighted by Gasteiger charge is -2.10. The molecule has 4 nitrogen and oxygen atoms in total. The zero-order valence-corrected chi connectivity index (χ0v) is 9.51. The SMILES string of the molecule is CC[C@@H](N)C(=O)Nc1cnc(Cl)c(C)c1. The number of rotatable bonds is 3. The van der Waals surface area contributed by atoms with Crippen LogP contribution in [0.3, 0.4) is 0 Å². The zero-order chi connectivity index (χ0) is 11.4. The van der Waals surface area contributed by atoms with Crippen LogP contribution < -0.4 is 11.1 Å². The van der Waals surface area contributed by atoms with Crippen LogP contribution in [0.4, 0.5) is 5.69 Å². The normalized spacial score (nSPS) is 12.3. The number of hydrogen-bond donors (Lipinski definition) is 2. The van der Waals surface area contributed by atoms with E-state index in [0.29, 0.717) is 17.3 Å². The van der Waals surface area contributed by atoms with Crippen molar-refractivity contribution in [1.29, 1.82) is 0 Å². The minimum Gasteiger partial charge on any atom is -0.323 e. The molecule has 1 aromatic rings. The molecule has 0 fully saturated rings. The molecule has 0 radical (unpaired) electrons. The first kappa shape index (κ1) is 11.9. The second-order valence-corrected chi connectivity index (χ2v) is 3.69. The van der Waals surface area contributed by atoms with Crippen LogP contribution in [0.5, 0.6) is 0 Å². The molecule has 1 rings (SSSR count). The van der Waals surface area contributed by atoms with Crippen molar-refractivity contribution in [2.24, 2.45) is 5.73 Å². The summed E-state index contributed by atoms with van der Waals surface area (Å²) in [6, 6.07) is 1.27. The van der Waals surface area contributed by atoms with Gasteiger partial charge in [0.25, 0.3) is 0 Å². The third-order valence-corrected chi connectivity index (χ3v) is 2.45. The van der Waals surface area contributed by atoms with Gasteiger partial charge in [0.2, 0.25) is 5.91 Å². The van der Waals surface area contributed by atoms with E-state index in [9.17, 15) is 4.79 Å². The number of pyridine rings is 1. The number of nitrogens with one attached hydrogen (secondary N) is 1. The molecule has 15 heavy (non-hydrogen) atoms. The Morgan fingerprint density at radius 2 is 2.40 bits per heavy atom. The van der Waals surface area contributed by atoms with Gasteiger partial charge in [-0.25, -0.2) is 4.98 Å². The van der Waals surface area contributed by atoms with Gasteiger partial charge < -0.3 is 11.1 Å². The molecule has 0 aliphatic carbocycles. The van der Waals surface area contributed by atoms with Crippen molar-refractivity contribution >= 4 is 23.2 Å². The maximum Gasteiger partial charge on any atom is 0.241 e. The van der Waals surface area contributed by atoms with Crippen molar-refractivity contribution in [3.63, 3.8) is 0 Å². The van der Waals surface area contributed by atoms with Crippen LogP contribution in [0.1, 0.15) is 18.9 Å². The van der Waals surface area contributed by atoms with Gasteiger partial charge in [-0.05, 0) is 25.0 Å². The van der Waals surface area contributed by atoms with E-state index < -0.39 is 6.04 Å². The van der Waals surface area contributed by atoms with Gasteiger partial charge in [0.05, 0.1) is 17.9 Å². The Kier molecular flexibility index (Phi) is 4.05. The lowest BCUT2D eigenvalue weighted by Crippen LogP contribution is -2.34. The standard InChI is InChI=1S/C10H14ClN3O/c1-3-8(12)10(15)14-7-4-6(2)9(11)13-5-7/h4-5,8H,3,12H2,1-2H3,(H,14,15)/t8-/m1/s1. The number of nitrogens with zero attached hydrogens (tertiary/aromatic N) is 1. The predicted octanol–water partition coefficient (Wildman–Crippen LogP) is 1.72. The van der Waals surface area contributed by atoms with Crippen molar-refractivity contribution in [1.82, 2.24) is 4.98 Å². The highest BCUT2D eigenvalue weighted by molar-refractivity contribution is 6.30. The summed E-state index contributed by atoms with van der Waals surface area (Å²) in [7, 11) is 0. The van der Waals surface area contributed by atoms with Crippen LogP contribution in [-0.2, 0) is 4.79 Å². The minimum atomic E-state index is -0.485. The van der Waals surface area contributed by atoms with Gasteiger partial charge in [0.15, 0.2) is 0 Å². The molecule has 0 saturated heterocycles. The topological polar surface area (TPSA) is 68.0 Å². The van der Waals surface area contributed by atoms with E-state index >= 15 is 0 Å². The highest BCUT2D eigenvalue weighted by atomic mass is 35.5. The van der Waals surface area contributed by atoms with E-state index in [2.05, 4.69) is 10.3 Å².